The molecule has 0 aliphatic carbocycles. The van der Waals surface area contributed by atoms with Crippen molar-refractivity contribution in [3.05, 3.63) is 11.8 Å². The number of amides is 1. The number of aryl methyl sites for hydroxylation is 1. The first kappa shape index (κ1) is 14.1. The number of nitrogens with zero attached hydrogens (tertiary/aromatic N) is 1. The molecular formula is C11H19N3O2S. The summed E-state index contributed by atoms with van der Waals surface area (Å²) in [6.07, 6.45) is 1.46. The van der Waals surface area contributed by atoms with Crippen molar-refractivity contribution in [1.82, 2.24) is 5.16 Å². The third kappa shape index (κ3) is 5.74. The molecule has 0 aliphatic heterocycles. The Hall–Kier alpha value is -1.01. The van der Waals surface area contributed by atoms with Crippen LogP contribution in [0, 0.1) is 6.92 Å². The molecule has 1 rings (SSSR count). The number of carbonyl (C=O) groups excluding carboxylic acids is 1. The van der Waals surface area contributed by atoms with E-state index in [4.69, 9.17) is 10.3 Å². The van der Waals surface area contributed by atoms with E-state index in [1.165, 1.54) is 0 Å². The number of rotatable bonds is 7. The molecule has 1 aromatic heterocycles. The van der Waals surface area contributed by atoms with Gasteiger partial charge in [0.2, 0.25) is 5.91 Å². The molecule has 5 nitrogen and oxygen atoms in total. The Morgan fingerprint density at radius 2 is 2.47 bits per heavy atom. The van der Waals surface area contributed by atoms with Gasteiger partial charge in [0.15, 0.2) is 5.82 Å². The van der Waals surface area contributed by atoms with Crippen molar-refractivity contribution >= 4 is 23.5 Å². The van der Waals surface area contributed by atoms with Gasteiger partial charge in [0.1, 0.15) is 5.76 Å². The molecule has 0 saturated heterocycles. The Balaban J connectivity index is 2.17. The van der Waals surface area contributed by atoms with Crippen LogP contribution in [-0.2, 0) is 4.79 Å². The average Bonchev–Trinajstić information content (AvgIpc) is 2.64. The number of carbonyl (C=O) groups is 1. The van der Waals surface area contributed by atoms with Crippen LogP contribution in [0.5, 0.6) is 0 Å². The van der Waals surface area contributed by atoms with Crippen molar-refractivity contribution in [3.63, 3.8) is 0 Å². The second-order valence-electron chi connectivity index (χ2n) is 3.88. The summed E-state index contributed by atoms with van der Waals surface area (Å²) in [6, 6.07) is 1.70. The third-order valence-corrected chi connectivity index (χ3v) is 3.44. The molecule has 0 fully saturated rings. The van der Waals surface area contributed by atoms with E-state index in [0.29, 0.717) is 29.8 Å². The second kappa shape index (κ2) is 7.34. The first-order valence-electron chi connectivity index (χ1n) is 5.66. The Labute approximate surface area is 105 Å². The van der Waals surface area contributed by atoms with Gasteiger partial charge < -0.3 is 15.6 Å². The molecule has 1 atom stereocenters. The van der Waals surface area contributed by atoms with E-state index in [-0.39, 0.29) is 5.91 Å². The van der Waals surface area contributed by atoms with E-state index in [1.807, 2.05) is 0 Å². The Kier molecular flexibility index (Phi) is 6.07. The molecule has 17 heavy (non-hydrogen) atoms. The van der Waals surface area contributed by atoms with Crippen LogP contribution >= 0.6 is 11.8 Å². The predicted octanol–water partition coefficient (Wildman–Crippen LogP) is 1.78. The summed E-state index contributed by atoms with van der Waals surface area (Å²) in [5.74, 6) is 1.92. The SMILES string of the molecule is Cc1cc(NC(=O)CCSC(C)CCN)no1. The maximum Gasteiger partial charge on any atom is 0.226 e. The minimum Gasteiger partial charge on any atom is -0.360 e. The highest BCUT2D eigenvalue weighted by Crippen LogP contribution is 2.15. The van der Waals surface area contributed by atoms with E-state index in [2.05, 4.69) is 17.4 Å². The number of thioether (sulfide) groups is 1. The van der Waals surface area contributed by atoms with Gasteiger partial charge >= 0.3 is 0 Å². The van der Waals surface area contributed by atoms with E-state index in [1.54, 1.807) is 24.8 Å². The molecule has 1 aromatic rings. The van der Waals surface area contributed by atoms with Crippen LogP contribution in [0.4, 0.5) is 5.82 Å². The molecule has 96 valence electrons. The molecular weight excluding hydrogens is 238 g/mol. The fourth-order valence-corrected chi connectivity index (χ4v) is 2.31. The van der Waals surface area contributed by atoms with Crippen LogP contribution in [-0.4, -0.2) is 28.6 Å². The monoisotopic (exact) mass is 257 g/mol. The average molecular weight is 257 g/mol. The van der Waals surface area contributed by atoms with Crippen LogP contribution in [0.1, 0.15) is 25.5 Å². The summed E-state index contributed by atoms with van der Waals surface area (Å²) < 4.78 is 4.86. The summed E-state index contributed by atoms with van der Waals surface area (Å²) in [7, 11) is 0. The van der Waals surface area contributed by atoms with E-state index in [9.17, 15) is 4.79 Å². The molecule has 0 aromatic carbocycles. The lowest BCUT2D eigenvalue weighted by molar-refractivity contribution is -0.115. The first-order valence-corrected chi connectivity index (χ1v) is 6.71. The van der Waals surface area contributed by atoms with E-state index < -0.39 is 0 Å². The van der Waals surface area contributed by atoms with E-state index >= 15 is 0 Å². The zero-order chi connectivity index (χ0) is 12.7. The number of hydrogen-bond acceptors (Lipinski definition) is 5. The lowest BCUT2D eigenvalue weighted by Gasteiger charge is -2.08. The highest BCUT2D eigenvalue weighted by atomic mass is 32.2. The number of nitrogens with two attached hydrogens (primary N) is 1. The van der Waals surface area contributed by atoms with Gasteiger partial charge in [-0.25, -0.2) is 0 Å². The number of nitrogens with one attached hydrogen (secondary N) is 1. The molecule has 3 N–H and O–H groups in total. The highest BCUT2D eigenvalue weighted by Gasteiger charge is 2.07. The summed E-state index contributed by atoms with van der Waals surface area (Å²) >= 11 is 1.76. The molecule has 0 radical (unpaired) electrons. The predicted molar refractivity (Wildman–Crippen MR) is 70.1 cm³/mol. The smallest absolute Gasteiger partial charge is 0.226 e. The van der Waals surface area contributed by atoms with Crippen molar-refractivity contribution in [2.45, 2.75) is 31.9 Å². The number of aromatic nitrogens is 1. The van der Waals surface area contributed by atoms with E-state index in [0.717, 1.165) is 12.2 Å². The van der Waals surface area contributed by atoms with Gasteiger partial charge in [0.25, 0.3) is 0 Å². The largest absolute Gasteiger partial charge is 0.360 e. The maximum atomic E-state index is 11.5. The molecule has 0 saturated carbocycles. The molecule has 0 spiro atoms. The summed E-state index contributed by atoms with van der Waals surface area (Å²) in [6.45, 7) is 4.60. The van der Waals surface area contributed by atoms with Crippen LogP contribution < -0.4 is 11.1 Å². The van der Waals surface area contributed by atoms with Gasteiger partial charge in [0.05, 0.1) is 0 Å². The van der Waals surface area contributed by atoms with Crippen molar-refractivity contribution in [2.24, 2.45) is 5.73 Å². The lowest BCUT2D eigenvalue weighted by Crippen LogP contribution is -2.14. The van der Waals surface area contributed by atoms with Crippen molar-refractivity contribution in [3.8, 4) is 0 Å². The number of hydrogen-bond donors (Lipinski definition) is 2. The molecule has 6 heteroatoms. The molecule has 1 heterocycles. The third-order valence-electron chi connectivity index (χ3n) is 2.20. The zero-order valence-corrected chi connectivity index (χ0v) is 11.0. The number of anilines is 1. The topological polar surface area (TPSA) is 81.2 Å². The zero-order valence-electron chi connectivity index (χ0n) is 10.2. The first-order chi connectivity index (χ1) is 8.11. The lowest BCUT2D eigenvalue weighted by atomic mass is 10.3. The molecule has 1 amide bonds. The van der Waals surface area contributed by atoms with Gasteiger partial charge in [-0.3, -0.25) is 4.79 Å². The molecule has 1 unspecified atom stereocenters. The van der Waals surface area contributed by atoms with Crippen LogP contribution in [0.25, 0.3) is 0 Å². The van der Waals surface area contributed by atoms with Crippen LogP contribution in [0.3, 0.4) is 0 Å². The fraction of sp³-hybridized carbons (Fsp3) is 0.636. The van der Waals surface area contributed by atoms with Gasteiger partial charge in [-0.05, 0) is 19.9 Å². The van der Waals surface area contributed by atoms with Crippen LogP contribution in [0.15, 0.2) is 10.6 Å². The summed E-state index contributed by atoms with van der Waals surface area (Å²) in [4.78, 5) is 11.5. The minimum atomic E-state index is -0.0363. The summed E-state index contributed by atoms with van der Waals surface area (Å²) in [5, 5.41) is 6.89. The Bertz CT molecular complexity index is 354. The Morgan fingerprint density at radius 3 is 3.06 bits per heavy atom. The van der Waals surface area contributed by atoms with Gasteiger partial charge in [-0.2, -0.15) is 11.8 Å². The minimum absolute atomic E-state index is 0.0363. The standard InChI is InChI=1S/C11H19N3O2S/c1-8-7-10(14-16-8)13-11(15)4-6-17-9(2)3-5-12/h7,9H,3-6,12H2,1-2H3,(H,13,14,15). The normalized spacial score (nSPS) is 12.4. The van der Waals surface area contributed by atoms with Gasteiger partial charge in [-0.15, -0.1) is 0 Å². The van der Waals surface area contributed by atoms with Gasteiger partial charge in [-0.1, -0.05) is 12.1 Å². The fourth-order valence-electron chi connectivity index (χ4n) is 1.30. The van der Waals surface area contributed by atoms with Crippen LogP contribution in [0.2, 0.25) is 0 Å². The maximum absolute atomic E-state index is 11.5. The van der Waals surface area contributed by atoms with Gasteiger partial charge in [0, 0.05) is 23.5 Å². The second-order valence-corrected chi connectivity index (χ2v) is 5.43. The highest BCUT2D eigenvalue weighted by molar-refractivity contribution is 7.99. The van der Waals surface area contributed by atoms with Crippen molar-refractivity contribution in [2.75, 3.05) is 17.6 Å². The molecule has 0 bridgehead atoms. The summed E-state index contributed by atoms with van der Waals surface area (Å²) in [5.41, 5.74) is 5.45. The Morgan fingerprint density at radius 1 is 1.71 bits per heavy atom. The quantitative estimate of drug-likeness (QED) is 0.778. The van der Waals surface area contributed by atoms with Crippen molar-refractivity contribution < 1.29 is 9.32 Å². The van der Waals surface area contributed by atoms with Crippen molar-refractivity contribution in [1.29, 1.82) is 0 Å². The molecule has 0 aliphatic rings.